The van der Waals surface area contributed by atoms with Crippen LogP contribution in [0.15, 0.2) is 0 Å². The van der Waals surface area contributed by atoms with Gasteiger partial charge in [0, 0.05) is 6.04 Å². The molecule has 0 aliphatic heterocycles. The lowest BCUT2D eigenvalue weighted by Crippen LogP contribution is -2.30. The third kappa shape index (κ3) is 12.2. The van der Waals surface area contributed by atoms with Crippen molar-refractivity contribution in [1.82, 2.24) is 4.90 Å². The molecule has 0 N–H and O–H groups in total. The summed E-state index contributed by atoms with van der Waals surface area (Å²) in [7, 11) is 2.23. The second kappa shape index (κ2) is 9.94. The van der Waals surface area contributed by atoms with Gasteiger partial charge in [-0.2, -0.15) is 0 Å². The summed E-state index contributed by atoms with van der Waals surface area (Å²) in [6, 6.07) is 0.672. The van der Waals surface area contributed by atoms with Crippen molar-refractivity contribution in [1.29, 1.82) is 0 Å². The summed E-state index contributed by atoms with van der Waals surface area (Å²) in [5.74, 6) is 0.840. The SMILES string of the molecule is CC.CC(C)CCC(C)(C)CCN(C)C(C)C. The summed E-state index contributed by atoms with van der Waals surface area (Å²) >= 11 is 0. The summed E-state index contributed by atoms with van der Waals surface area (Å²) < 4.78 is 0. The van der Waals surface area contributed by atoms with E-state index in [1.54, 1.807) is 0 Å². The van der Waals surface area contributed by atoms with Crippen molar-refractivity contribution in [2.75, 3.05) is 13.6 Å². The van der Waals surface area contributed by atoms with Crippen LogP contribution in [0.2, 0.25) is 0 Å². The van der Waals surface area contributed by atoms with E-state index < -0.39 is 0 Å². The van der Waals surface area contributed by atoms with Crippen LogP contribution in [-0.2, 0) is 0 Å². The van der Waals surface area contributed by atoms with Gasteiger partial charge in [-0.1, -0.05) is 48.0 Å². The summed E-state index contributed by atoms with van der Waals surface area (Å²) in [6.07, 6.45) is 4.03. The molecule has 0 heterocycles. The minimum absolute atomic E-state index is 0.507. The van der Waals surface area contributed by atoms with Crippen molar-refractivity contribution in [2.24, 2.45) is 11.3 Å². The van der Waals surface area contributed by atoms with E-state index in [2.05, 4.69) is 53.5 Å². The molecule has 0 saturated carbocycles. The van der Waals surface area contributed by atoms with Gasteiger partial charge in [0.15, 0.2) is 0 Å². The zero-order chi connectivity index (χ0) is 14.1. The molecule has 17 heavy (non-hydrogen) atoms. The lowest BCUT2D eigenvalue weighted by atomic mass is 9.82. The first kappa shape index (κ1) is 19.3. The van der Waals surface area contributed by atoms with Crippen LogP contribution < -0.4 is 0 Å². The number of rotatable bonds is 7. The molecular weight excluding hydrogens is 206 g/mol. The molecule has 0 aromatic carbocycles. The van der Waals surface area contributed by atoms with Crippen LogP contribution in [0.25, 0.3) is 0 Å². The monoisotopic (exact) mass is 243 g/mol. The smallest absolute Gasteiger partial charge is 0.00355 e. The molecule has 0 aromatic rings. The lowest BCUT2D eigenvalue weighted by molar-refractivity contribution is 0.201. The predicted octanol–water partition coefficient (Wildman–Crippen LogP) is 5.21. The molecule has 1 nitrogen and oxygen atoms in total. The quantitative estimate of drug-likeness (QED) is 0.593. The van der Waals surface area contributed by atoms with E-state index >= 15 is 0 Å². The Bertz CT molecular complexity index is 159. The fourth-order valence-electron chi connectivity index (χ4n) is 1.54. The maximum absolute atomic E-state index is 2.44. The molecular formula is C16H37N. The van der Waals surface area contributed by atoms with E-state index in [0.29, 0.717) is 11.5 Å². The third-order valence-corrected chi connectivity index (χ3v) is 3.42. The van der Waals surface area contributed by atoms with Crippen molar-refractivity contribution in [3.8, 4) is 0 Å². The first-order valence-corrected chi connectivity index (χ1v) is 7.45. The summed E-state index contributed by atoms with van der Waals surface area (Å²) in [5, 5.41) is 0. The molecule has 0 fully saturated rings. The first-order valence-electron chi connectivity index (χ1n) is 7.45. The van der Waals surface area contributed by atoms with Gasteiger partial charge in [0.1, 0.15) is 0 Å². The molecule has 0 saturated heterocycles. The van der Waals surface area contributed by atoms with Crippen LogP contribution in [-0.4, -0.2) is 24.5 Å². The molecule has 106 valence electrons. The van der Waals surface area contributed by atoms with Gasteiger partial charge < -0.3 is 4.90 Å². The van der Waals surface area contributed by atoms with E-state index in [1.165, 1.54) is 25.8 Å². The van der Waals surface area contributed by atoms with E-state index in [-0.39, 0.29) is 0 Å². The Labute approximate surface area is 111 Å². The van der Waals surface area contributed by atoms with Gasteiger partial charge in [0.05, 0.1) is 0 Å². The van der Waals surface area contributed by atoms with Crippen LogP contribution in [0.3, 0.4) is 0 Å². The highest BCUT2D eigenvalue weighted by Gasteiger charge is 2.19. The third-order valence-electron chi connectivity index (χ3n) is 3.42. The molecule has 0 spiro atoms. The highest BCUT2D eigenvalue weighted by molar-refractivity contribution is 4.72. The van der Waals surface area contributed by atoms with Crippen LogP contribution in [0.1, 0.15) is 74.7 Å². The van der Waals surface area contributed by atoms with Crippen molar-refractivity contribution >= 4 is 0 Å². The Hall–Kier alpha value is -0.0400. The molecule has 0 aromatic heterocycles. The second-order valence-electron chi connectivity index (χ2n) is 6.42. The Kier molecular flexibility index (Phi) is 11.3. The Morgan fingerprint density at radius 1 is 0.941 bits per heavy atom. The highest BCUT2D eigenvalue weighted by Crippen LogP contribution is 2.28. The van der Waals surface area contributed by atoms with E-state index in [1.807, 2.05) is 13.8 Å². The molecule has 0 aliphatic rings. The Morgan fingerprint density at radius 3 is 1.76 bits per heavy atom. The van der Waals surface area contributed by atoms with Crippen molar-refractivity contribution in [3.63, 3.8) is 0 Å². The zero-order valence-electron chi connectivity index (χ0n) is 13.9. The van der Waals surface area contributed by atoms with Crippen molar-refractivity contribution in [3.05, 3.63) is 0 Å². The molecule has 0 amide bonds. The average molecular weight is 243 g/mol. The van der Waals surface area contributed by atoms with Gasteiger partial charge in [-0.15, -0.1) is 0 Å². The minimum atomic E-state index is 0.507. The first-order chi connectivity index (χ1) is 7.74. The van der Waals surface area contributed by atoms with Gasteiger partial charge in [-0.05, 0) is 51.6 Å². The van der Waals surface area contributed by atoms with E-state index in [9.17, 15) is 0 Å². The molecule has 1 heteroatoms. The zero-order valence-corrected chi connectivity index (χ0v) is 13.9. The van der Waals surface area contributed by atoms with Crippen LogP contribution in [0.5, 0.6) is 0 Å². The standard InChI is InChI=1S/C14H31N.C2H6/c1-12(2)8-9-14(5,6)10-11-15(7)13(3)4;1-2/h12-13H,8-11H2,1-7H3;1-2H3. The van der Waals surface area contributed by atoms with Crippen LogP contribution >= 0.6 is 0 Å². The summed E-state index contributed by atoms with van der Waals surface area (Å²) in [6.45, 7) is 19.2. The lowest BCUT2D eigenvalue weighted by Gasteiger charge is -2.29. The van der Waals surface area contributed by atoms with Gasteiger partial charge in [0.2, 0.25) is 0 Å². The fourth-order valence-corrected chi connectivity index (χ4v) is 1.54. The number of hydrogen-bond donors (Lipinski definition) is 0. The fraction of sp³-hybridized carbons (Fsp3) is 1.00. The molecule has 0 aliphatic carbocycles. The topological polar surface area (TPSA) is 3.24 Å². The van der Waals surface area contributed by atoms with Gasteiger partial charge in [0.25, 0.3) is 0 Å². The van der Waals surface area contributed by atoms with E-state index in [4.69, 9.17) is 0 Å². The summed E-state index contributed by atoms with van der Waals surface area (Å²) in [4.78, 5) is 2.44. The number of hydrogen-bond acceptors (Lipinski definition) is 1. The molecule has 0 radical (unpaired) electrons. The van der Waals surface area contributed by atoms with Crippen molar-refractivity contribution < 1.29 is 0 Å². The van der Waals surface area contributed by atoms with E-state index in [0.717, 1.165) is 5.92 Å². The largest absolute Gasteiger partial charge is 0.304 e. The maximum atomic E-state index is 2.44. The van der Waals surface area contributed by atoms with Gasteiger partial charge in [-0.3, -0.25) is 0 Å². The average Bonchev–Trinajstić information content (AvgIpc) is 2.26. The Morgan fingerprint density at radius 2 is 1.41 bits per heavy atom. The predicted molar refractivity (Wildman–Crippen MR) is 81.6 cm³/mol. The van der Waals surface area contributed by atoms with Crippen LogP contribution in [0.4, 0.5) is 0 Å². The second-order valence-corrected chi connectivity index (χ2v) is 6.42. The molecule has 0 bridgehead atoms. The Balaban J connectivity index is 0. The molecule has 0 unspecified atom stereocenters. The number of nitrogens with zero attached hydrogens (tertiary/aromatic N) is 1. The van der Waals surface area contributed by atoms with Crippen molar-refractivity contribution in [2.45, 2.75) is 80.7 Å². The molecule has 0 rings (SSSR count). The highest BCUT2D eigenvalue weighted by atomic mass is 15.1. The van der Waals surface area contributed by atoms with Crippen LogP contribution in [0, 0.1) is 11.3 Å². The maximum Gasteiger partial charge on any atom is 0.00355 e. The van der Waals surface area contributed by atoms with Gasteiger partial charge >= 0.3 is 0 Å². The molecule has 0 atom stereocenters. The summed E-state index contributed by atoms with van der Waals surface area (Å²) in [5.41, 5.74) is 0.507. The normalized spacial score (nSPS) is 12.0. The van der Waals surface area contributed by atoms with Gasteiger partial charge in [-0.25, -0.2) is 0 Å². The minimum Gasteiger partial charge on any atom is -0.304 e.